The summed E-state index contributed by atoms with van der Waals surface area (Å²) in [4.78, 5) is 10.8. The van der Waals surface area contributed by atoms with E-state index in [0.29, 0.717) is 0 Å². The lowest BCUT2D eigenvalue weighted by molar-refractivity contribution is 0.245. The van der Waals surface area contributed by atoms with E-state index in [1.54, 1.807) is 0 Å². The van der Waals surface area contributed by atoms with Crippen molar-refractivity contribution in [2.24, 2.45) is 0 Å². The van der Waals surface area contributed by atoms with Crippen molar-refractivity contribution in [3.8, 4) is 0 Å². The molecule has 0 saturated carbocycles. The second-order valence-electron chi connectivity index (χ2n) is 3.01. The van der Waals surface area contributed by atoms with E-state index in [1.807, 2.05) is 0 Å². The van der Waals surface area contributed by atoms with Gasteiger partial charge in [0.2, 0.25) is 0 Å². The van der Waals surface area contributed by atoms with Crippen molar-refractivity contribution < 1.29 is 4.79 Å². The fourth-order valence-electron chi connectivity index (χ4n) is 1.58. The Morgan fingerprint density at radius 3 is 2.42 bits per heavy atom. The van der Waals surface area contributed by atoms with Crippen LogP contribution in [-0.2, 0) is 0 Å². The normalized spacial score (nSPS) is 31.8. The van der Waals surface area contributed by atoms with Gasteiger partial charge in [0.25, 0.3) is 0 Å². The van der Waals surface area contributed by atoms with E-state index < -0.39 is 0 Å². The molecule has 1 spiro atoms. The molecule has 0 aromatic heterocycles. The van der Waals surface area contributed by atoms with Crippen LogP contribution in [0, 0.1) is 0 Å². The smallest absolute Gasteiger partial charge is 0.315 e. The summed E-state index contributed by atoms with van der Waals surface area (Å²) >= 11 is 0. The first-order valence-corrected chi connectivity index (χ1v) is 3.58. The molecule has 3 N–H and O–H groups in total. The summed E-state index contributed by atoms with van der Waals surface area (Å²) in [7, 11) is 0. The van der Waals surface area contributed by atoms with E-state index >= 15 is 0 Å². The number of halogens is 2. The zero-order chi connectivity index (χ0) is 7.03. The van der Waals surface area contributed by atoms with Crippen LogP contribution in [0.2, 0.25) is 0 Å². The largest absolute Gasteiger partial charge is 0.336 e. The number of hydrogen-bond acceptors (Lipinski definition) is 2. The fraction of sp³-hybridized carbons (Fsp3) is 0.833. The second kappa shape index (κ2) is 4.16. The van der Waals surface area contributed by atoms with Gasteiger partial charge in [0.1, 0.15) is 0 Å². The Labute approximate surface area is 83.7 Å². The van der Waals surface area contributed by atoms with Crippen LogP contribution in [0.15, 0.2) is 0 Å². The molecule has 2 heterocycles. The molecule has 0 aliphatic carbocycles. The Hall–Kier alpha value is -0.190. The van der Waals surface area contributed by atoms with Gasteiger partial charge in [-0.2, -0.15) is 0 Å². The Balaban J connectivity index is 0.000000605. The van der Waals surface area contributed by atoms with Gasteiger partial charge in [0.15, 0.2) is 0 Å². The lowest BCUT2D eigenvalue weighted by Crippen LogP contribution is -2.45. The Kier molecular flexibility index (Phi) is 4.10. The number of carbonyl (C=O) groups excluding carboxylic acids is 1. The molecule has 72 valence electrons. The van der Waals surface area contributed by atoms with Crippen LogP contribution < -0.4 is 16.0 Å². The first-order valence-electron chi connectivity index (χ1n) is 3.58. The molecule has 2 saturated heterocycles. The predicted octanol–water partition coefficient (Wildman–Crippen LogP) is -0.125. The third kappa shape index (κ3) is 1.94. The van der Waals surface area contributed by atoms with Gasteiger partial charge in [0, 0.05) is 13.1 Å². The number of hydrogen-bond donors (Lipinski definition) is 3. The fourth-order valence-corrected chi connectivity index (χ4v) is 1.58. The van der Waals surface area contributed by atoms with Gasteiger partial charge >= 0.3 is 6.03 Å². The van der Waals surface area contributed by atoms with Crippen LogP contribution in [0.4, 0.5) is 4.79 Å². The molecule has 2 rings (SSSR count). The van der Waals surface area contributed by atoms with E-state index in [1.165, 1.54) is 0 Å². The molecule has 0 aromatic rings. The summed E-state index contributed by atoms with van der Waals surface area (Å²) in [6.45, 7) is 2.70. The minimum atomic E-state index is -0.0244. The number of nitrogens with one attached hydrogen (secondary N) is 3. The summed E-state index contributed by atoms with van der Waals surface area (Å²) in [5.74, 6) is 0. The number of amides is 2. The third-order valence-corrected chi connectivity index (χ3v) is 2.21. The summed E-state index contributed by atoms with van der Waals surface area (Å²) in [6, 6.07) is -0.0244. The van der Waals surface area contributed by atoms with Crippen molar-refractivity contribution in [3.05, 3.63) is 0 Å². The van der Waals surface area contributed by atoms with Crippen LogP contribution in [0.5, 0.6) is 0 Å². The summed E-state index contributed by atoms with van der Waals surface area (Å²) in [5.41, 5.74) is 0.0388. The summed E-state index contributed by atoms with van der Waals surface area (Å²) in [6.07, 6.45) is 1.05. The highest BCUT2D eigenvalue weighted by Gasteiger charge is 2.39. The van der Waals surface area contributed by atoms with Gasteiger partial charge in [-0.3, -0.25) is 0 Å². The molecule has 12 heavy (non-hydrogen) atoms. The van der Waals surface area contributed by atoms with E-state index in [0.717, 1.165) is 26.1 Å². The Morgan fingerprint density at radius 1 is 1.25 bits per heavy atom. The predicted molar refractivity (Wildman–Crippen MR) is 51.2 cm³/mol. The number of urea groups is 1. The molecule has 0 bridgehead atoms. The first-order chi connectivity index (χ1) is 4.81. The lowest BCUT2D eigenvalue weighted by Gasteiger charge is -2.18. The van der Waals surface area contributed by atoms with Crippen molar-refractivity contribution in [2.75, 3.05) is 19.6 Å². The third-order valence-electron chi connectivity index (χ3n) is 2.21. The average molecular weight is 214 g/mol. The Bertz CT molecular complexity index is 170. The van der Waals surface area contributed by atoms with Crippen LogP contribution in [-0.4, -0.2) is 31.2 Å². The standard InChI is InChI=1S/C6H11N3O.2ClH/c10-5-8-4-6(9-5)1-2-7-3-6;;/h7H,1-4H2,(H2,8,9,10);2*1H. The molecule has 2 amide bonds. The molecule has 2 fully saturated rings. The van der Waals surface area contributed by atoms with Gasteiger partial charge < -0.3 is 16.0 Å². The minimum Gasteiger partial charge on any atom is -0.336 e. The lowest BCUT2D eigenvalue weighted by atomic mass is 10.0. The highest BCUT2D eigenvalue weighted by molar-refractivity contribution is 5.85. The topological polar surface area (TPSA) is 53.2 Å². The number of rotatable bonds is 0. The highest BCUT2D eigenvalue weighted by atomic mass is 35.5. The molecular weight excluding hydrogens is 201 g/mol. The van der Waals surface area contributed by atoms with Crippen LogP contribution in [0.3, 0.4) is 0 Å². The van der Waals surface area contributed by atoms with Crippen LogP contribution in [0.25, 0.3) is 0 Å². The van der Waals surface area contributed by atoms with Crippen molar-refractivity contribution in [1.82, 2.24) is 16.0 Å². The van der Waals surface area contributed by atoms with E-state index in [-0.39, 0.29) is 36.4 Å². The van der Waals surface area contributed by atoms with Gasteiger partial charge in [-0.05, 0) is 13.0 Å². The monoisotopic (exact) mass is 213 g/mol. The molecule has 1 atom stereocenters. The zero-order valence-corrected chi connectivity index (χ0v) is 8.19. The maximum absolute atomic E-state index is 10.8. The summed E-state index contributed by atoms with van der Waals surface area (Å²) in [5, 5.41) is 8.90. The second-order valence-corrected chi connectivity index (χ2v) is 3.01. The number of carbonyl (C=O) groups is 1. The Morgan fingerprint density at radius 2 is 2.00 bits per heavy atom. The SMILES string of the molecule is Cl.Cl.O=C1NCC2(CCNC2)N1. The molecule has 1 unspecified atom stereocenters. The zero-order valence-electron chi connectivity index (χ0n) is 6.55. The molecule has 2 aliphatic rings. The highest BCUT2D eigenvalue weighted by Crippen LogP contribution is 2.16. The molecule has 2 aliphatic heterocycles. The van der Waals surface area contributed by atoms with E-state index in [4.69, 9.17) is 0 Å². The van der Waals surface area contributed by atoms with Gasteiger partial charge in [-0.1, -0.05) is 0 Å². The average Bonchev–Trinajstić information content (AvgIpc) is 2.46. The van der Waals surface area contributed by atoms with E-state index in [2.05, 4.69) is 16.0 Å². The van der Waals surface area contributed by atoms with Crippen molar-refractivity contribution in [3.63, 3.8) is 0 Å². The van der Waals surface area contributed by atoms with Crippen LogP contribution in [0.1, 0.15) is 6.42 Å². The van der Waals surface area contributed by atoms with Gasteiger partial charge in [-0.25, -0.2) is 4.79 Å². The molecule has 0 aromatic carbocycles. The van der Waals surface area contributed by atoms with Gasteiger partial charge in [0.05, 0.1) is 5.54 Å². The van der Waals surface area contributed by atoms with Crippen LogP contribution >= 0.6 is 24.8 Å². The molecular formula is C6H13Cl2N3O. The molecule has 4 nitrogen and oxygen atoms in total. The molecule has 6 heteroatoms. The van der Waals surface area contributed by atoms with Crippen molar-refractivity contribution in [2.45, 2.75) is 12.0 Å². The maximum atomic E-state index is 10.8. The van der Waals surface area contributed by atoms with Crippen molar-refractivity contribution >= 4 is 30.8 Å². The maximum Gasteiger partial charge on any atom is 0.315 e. The quantitative estimate of drug-likeness (QED) is 0.526. The van der Waals surface area contributed by atoms with Gasteiger partial charge in [-0.15, -0.1) is 24.8 Å². The van der Waals surface area contributed by atoms with Crippen molar-refractivity contribution in [1.29, 1.82) is 0 Å². The van der Waals surface area contributed by atoms with E-state index in [9.17, 15) is 4.79 Å². The first kappa shape index (κ1) is 11.8. The molecule has 0 radical (unpaired) electrons. The minimum absolute atomic E-state index is 0. The summed E-state index contributed by atoms with van der Waals surface area (Å²) < 4.78 is 0.